The van der Waals surface area contributed by atoms with E-state index in [0.29, 0.717) is 60.0 Å². The summed E-state index contributed by atoms with van der Waals surface area (Å²) in [5, 5.41) is 36.7. The number of hydrogen-bond acceptors (Lipinski definition) is 20. The molecule has 1 saturated heterocycles. The number of para-hydroxylation sites is 1. The molecule has 4 N–H and O–H groups in total. The maximum absolute atomic E-state index is 14.1. The summed E-state index contributed by atoms with van der Waals surface area (Å²) in [6.45, 7) is 0.970. The highest BCUT2D eigenvalue weighted by atomic mass is 17.1. The monoisotopic (exact) mass is 1070 g/mol. The van der Waals surface area contributed by atoms with E-state index < -0.39 is 36.5 Å². The lowest BCUT2D eigenvalue weighted by atomic mass is 9.84. The van der Waals surface area contributed by atoms with Crippen molar-refractivity contribution in [3.05, 3.63) is 172 Å². The number of piperidine rings is 1. The number of ether oxygens (including phenoxy) is 10. The first-order valence-electron chi connectivity index (χ1n) is 24.7. The van der Waals surface area contributed by atoms with Crippen LogP contribution in [-0.2, 0) is 82.5 Å². The maximum Gasteiger partial charge on any atom is 0.509 e. The molecule has 1 amide bonds. The SMILES string of the molecule is COCC(COC1CN(C(=O)OCc2ccc(CON(O)O)cc2)CC(OCc2cc(OC)c3ccccc3c2)C1c1ccc(OCCCOCc2ccccc2OC)cc1)OC(=O)OCc1ccc(CON(O)O)cc1. The first-order valence-corrected chi connectivity index (χ1v) is 24.7. The van der Waals surface area contributed by atoms with E-state index in [0.717, 1.165) is 33.2 Å². The highest BCUT2D eigenvalue weighted by molar-refractivity contribution is 5.89. The van der Waals surface area contributed by atoms with Crippen molar-refractivity contribution < 1.29 is 87.5 Å². The van der Waals surface area contributed by atoms with Crippen molar-refractivity contribution in [1.29, 1.82) is 0 Å². The van der Waals surface area contributed by atoms with Gasteiger partial charge in [0.25, 0.3) is 0 Å². The number of carbonyl (C=O) groups is 2. The number of amides is 1. The van der Waals surface area contributed by atoms with E-state index in [-0.39, 0.29) is 70.1 Å². The Balaban J connectivity index is 1.09. The fourth-order valence-corrected chi connectivity index (χ4v) is 8.61. The molecule has 4 atom stereocenters. The Labute approximate surface area is 445 Å². The van der Waals surface area contributed by atoms with Crippen LogP contribution in [0.5, 0.6) is 17.2 Å². The highest BCUT2D eigenvalue weighted by Gasteiger charge is 2.42. The molecule has 412 valence electrons. The molecule has 0 aliphatic carbocycles. The van der Waals surface area contributed by atoms with Gasteiger partial charge in [0.15, 0.2) is 6.10 Å². The van der Waals surface area contributed by atoms with Gasteiger partial charge in [-0.25, -0.2) is 19.3 Å². The molecule has 4 unspecified atom stereocenters. The number of rotatable bonds is 29. The molecular weight excluding hydrogens is 1000 g/mol. The van der Waals surface area contributed by atoms with Gasteiger partial charge in [0, 0.05) is 30.4 Å². The van der Waals surface area contributed by atoms with E-state index in [9.17, 15) is 9.59 Å². The summed E-state index contributed by atoms with van der Waals surface area (Å²) in [6.07, 6.45) is -3.35. The zero-order valence-corrected chi connectivity index (χ0v) is 43.0. The van der Waals surface area contributed by atoms with Gasteiger partial charge >= 0.3 is 12.2 Å². The van der Waals surface area contributed by atoms with Gasteiger partial charge in [0.2, 0.25) is 0 Å². The van der Waals surface area contributed by atoms with Gasteiger partial charge < -0.3 is 52.3 Å². The molecule has 0 spiro atoms. The third kappa shape index (κ3) is 18.1. The Morgan fingerprint density at radius 2 is 1.19 bits per heavy atom. The smallest absolute Gasteiger partial charge is 0.496 e. The van der Waals surface area contributed by atoms with Crippen LogP contribution in [0.2, 0.25) is 0 Å². The summed E-state index contributed by atoms with van der Waals surface area (Å²) >= 11 is 0. The summed E-state index contributed by atoms with van der Waals surface area (Å²) in [5.74, 6) is 1.59. The molecule has 7 rings (SSSR count). The summed E-state index contributed by atoms with van der Waals surface area (Å²) in [6, 6.07) is 40.8. The average Bonchev–Trinajstić information content (AvgIpc) is 3.46. The quantitative estimate of drug-likeness (QED) is 0.0195. The predicted octanol–water partition coefficient (Wildman–Crippen LogP) is 8.94. The fourth-order valence-electron chi connectivity index (χ4n) is 8.61. The molecule has 1 fully saturated rings. The van der Waals surface area contributed by atoms with E-state index in [2.05, 4.69) is 4.84 Å². The van der Waals surface area contributed by atoms with E-state index in [1.165, 1.54) is 12.0 Å². The Hall–Kier alpha value is -6.96. The number of methoxy groups -OCH3 is 3. The highest BCUT2D eigenvalue weighted by Crippen LogP contribution is 2.36. The number of fused-ring (bicyclic) bond motifs is 1. The zero-order valence-electron chi connectivity index (χ0n) is 43.0. The number of likely N-dealkylation sites (tertiary alicyclic amines) is 1. The third-order valence-corrected chi connectivity index (χ3v) is 12.4. The second kappa shape index (κ2) is 30.1. The topological polar surface area (TPSA) is 236 Å². The molecule has 0 radical (unpaired) electrons. The van der Waals surface area contributed by atoms with Gasteiger partial charge in [-0.1, -0.05) is 103 Å². The van der Waals surface area contributed by atoms with Crippen LogP contribution in [0, 0.1) is 0 Å². The number of carbonyl (C=O) groups excluding carboxylic acids is 2. The minimum atomic E-state index is -0.973. The normalized spacial score (nSPS) is 15.9. The van der Waals surface area contributed by atoms with Crippen LogP contribution in [0.1, 0.15) is 51.3 Å². The van der Waals surface area contributed by atoms with E-state index in [1.807, 2.05) is 84.9 Å². The largest absolute Gasteiger partial charge is 0.509 e. The van der Waals surface area contributed by atoms with Gasteiger partial charge in [0.05, 0.1) is 103 Å². The molecule has 0 bridgehead atoms. The molecule has 6 aromatic carbocycles. The van der Waals surface area contributed by atoms with Crippen LogP contribution >= 0.6 is 0 Å². The molecule has 6 aromatic rings. The molecule has 21 heteroatoms. The Bertz CT molecular complexity index is 2730. The number of nitrogens with zero attached hydrogens (tertiary/aromatic N) is 3. The number of hydrogen-bond donors (Lipinski definition) is 4. The van der Waals surface area contributed by atoms with Crippen molar-refractivity contribution >= 4 is 23.0 Å². The second-order valence-electron chi connectivity index (χ2n) is 17.8. The van der Waals surface area contributed by atoms with Crippen molar-refractivity contribution in [3.63, 3.8) is 0 Å². The fraction of sp³-hybridized carbons (Fsp3) is 0.357. The van der Waals surface area contributed by atoms with Crippen molar-refractivity contribution in [2.24, 2.45) is 0 Å². The molecule has 1 aliphatic heterocycles. The van der Waals surface area contributed by atoms with Gasteiger partial charge in [-0.15, -0.1) is 0 Å². The van der Waals surface area contributed by atoms with Gasteiger partial charge in [-0.05, 0) is 69.1 Å². The summed E-state index contributed by atoms with van der Waals surface area (Å²) in [4.78, 5) is 38.2. The average molecular weight is 1070 g/mol. The minimum absolute atomic E-state index is 0.0508. The molecule has 77 heavy (non-hydrogen) atoms. The van der Waals surface area contributed by atoms with E-state index in [1.54, 1.807) is 62.8 Å². The first-order chi connectivity index (χ1) is 37.5. The Morgan fingerprint density at radius 1 is 0.597 bits per heavy atom. The molecule has 21 nitrogen and oxygen atoms in total. The molecular formula is C56H65N3O18. The second-order valence-corrected chi connectivity index (χ2v) is 17.8. The van der Waals surface area contributed by atoms with E-state index >= 15 is 0 Å². The maximum atomic E-state index is 14.1. The summed E-state index contributed by atoms with van der Waals surface area (Å²) in [7, 11) is 4.71. The van der Waals surface area contributed by atoms with Crippen LogP contribution in [0.25, 0.3) is 10.8 Å². The van der Waals surface area contributed by atoms with Crippen molar-refractivity contribution in [3.8, 4) is 17.2 Å². The van der Waals surface area contributed by atoms with Gasteiger partial charge in [0.1, 0.15) is 30.5 Å². The zero-order chi connectivity index (χ0) is 54.4. The van der Waals surface area contributed by atoms with Gasteiger partial charge in [-0.2, -0.15) is 0 Å². The predicted molar refractivity (Wildman–Crippen MR) is 273 cm³/mol. The standard InChI is InChI=1S/C56H65N3O18/c1-66-37-48(77-56(61)74-32-40-15-19-42(20-16-40)35-76-59(64)65)38-72-53-30-57(55(60)73-31-39-13-17-41(18-14-39)34-75-58(62)63)29-52(71-33-43-27-45-9-4-6-11-49(45)51(28-43)68-3)54(53)44-21-23-47(24-22-44)70-26-8-25-69-36-46-10-5-7-12-50(46)67-2/h4-7,9-24,27-28,48,52-54,62-65H,8,25-26,29-38H2,1-3H3. The molecule has 0 aromatic heterocycles. The minimum Gasteiger partial charge on any atom is -0.496 e. The number of benzene rings is 6. The lowest BCUT2D eigenvalue weighted by Crippen LogP contribution is -2.55. The molecule has 1 heterocycles. The summed E-state index contributed by atoms with van der Waals surface area (Å²) in [5.41, 5.74) is 5.21. The lowest BCUT2D eigenvalue weighted by molar-refractivity contribution is -0.497. The van der Waals surface area contributed by atoms with Crippen LogP contribution < -0.4 is 14.2 Å². The van der Waals surface area contributed by atoms with Crippen molar-refractivity contribution in [2.75, 3.05) is 60.8 Å². The van der Waals surface area contributed by atoms with Crippen LogP contribution in [0.3, 0.4) is 0 Å². The Kier molecular flexibility index (Phi) is 22.6. The molecule has 1 aliphatic rings. The summed E-state index contributed by atoms with van der Waals surface area (Å²) < 4.78 is 59.3. The van der Waals surface area contributed by atoms with E-state index in [4.69, 9.17) is 73.0 Å². The van der Waals surface area contributed by atoms with Crippen LogP contribution in [0.4, 0.5) is 9.59 Å². The third-order valence-electron chi connectivity index (χ3n) is 12.4. The van der Waals surface area contributed by atoms with Crippen molar-refractivity contribution in [1.82, 2.24) is 15.7 Å². The Morgan fingerprint density at radius 3 is 1.83 bits per heavy atom. The first kappa shape index (κ1) is 57.7. The lowest BCUT2D eigenvalue weighted by Gasteiger charge is -2.43. The van der Waals surface area contributed by atoms with Crippen molar-refractivity contribution in [2.45, 2.75) is 70.3 Å². The van der Waals surface area contributed by atoms with Gasteiger partial charge in [-0.3, -0.25) is 20.8 Å². The molecule has 0 saturated carbocycles. The van der Waals surface area contributed by atoms with Crippen LogP contribution in [0.15, 0.2) is 133 Å². The van der Waals surface area contributed by atoms with Crippen LogP contribution in [-0.4, -0.2) is 128 Å².